The van der Waals surface area contributed by atoms with E-state index in [0.29, 0.717) is 12.6 Å². The van der Waals surface area contributed by atoms with Crippen LogP contribution in [0.3, 0.4) is 0 Å². The lowest BCUT2D eigenvalue weighted by molar-refractivity contribution is 0.201. The molecule has 1 unspecified atom stereocenters. The van der Waals surface area contributed by atoms with Crippen LogP contribution in [0.1, 0.15) is 39.5 Å². The summed E-state index contributed by atoms with van der Waals surface area (Å²) >= 11 is 0. The lowest BCUT2D eigenvalue weighted by Gasteiger charge is -2.27. The first-order chi connectivity index (χ1) is 7.53. The van der Waals surface area contributed by atoms with Crippen LogP contribution >= 0.6 is 0 Å². The summed E-state index contributed by atoms with van der Waals surface area (Å²) in [4.78, 5) is 2.42. The zero-order valence-corrected chi connectivity index (χ0v) is 11.1. The minimum Gasteiger partial charge on any atom is -0.396 e. The Kier molecular flexibility index (Phi) is 5.73. The molecular weight excluding hydrogens is 200 g/mol. The van der Waals surface area contributed by atoms with E-state index >= 15 is 0 Å². The lowest BCUT2D eigenvalue weighted by atomic mass is 9.89. The van der Waals surface area contributed by atoms with Crippen LogP contribution in [0.5, 0.6) is 0 Å². The van der Waals surface area contributed by atoms with E-state index in [-0.39, 0.29) is 5.41 Å². The first-order valence-electron chi connectivity index (χ1n) is 6.56. The van der Waals surface area contributed by atoms with Crippen molar-refractivity contribution in [2.75, 3.05) is 33.3 Å². The topological polar surface area (TPSA) is 35.5 Å². The zero-order valence-electron chi connectivity index (χ0n) is 11.1. The number of nitrogens with one attached hydrogen (secondary N) is 1. The highest BCUT2D eigenvalue weighted by Crippen LogP contribution is 2.19. The molecule has 2 N–H and O–H groups in total. The molecule has 3 heteroatoms. The van der Waals surface area contributed by atoms with Crippen molar-refractivity contribution >= 4 is 0 Å². The maximum atomic E-state index is 8.98. The van der Waals surface area contributed by atoms with Crippen molar-refractivity contribution in [3.05, 3.63) is 0 Å². The molecule has 1 rings (SSSR count). The largest absolute Gasteiger partial charge is 0.396 e. The molecular formula is C13H28N2O. The van der Waals surface area contributed by atoms with Crippen molar-refractivity contribution in [3.8, 4) is 0 Å². The number of aliphatic hydroxyl groups excluding tert-OH is 1. The Morgan fingerprint density at radius 3 is 2.75 bits per heavy atom. The van der Waals surface area contributed by atoms with Gasteiger partial charge < -0.3 is 15.3 Å². The summed E-state index contributed by atoms with van der Waals surface area (Å²) in [5.74, 6) is 0. The van der Waals surface area contributed by atoms with E-state index in [1.165, 1.54) is 32.4 Å². The predicted molar refractivity (Wildman–Crippen MR) is 68.6 cm³/mol. The zero-order chi connectivity index (χ0) is 12.0. The van der Waals surface area contributed by atoms with Crippen molar-refractivity contribution in [1.82, 2.24) is 10.2 Å². The van der Waals surface area contributed by atoms with E-state index in [9.17, 15) is 0 Å². The van der Waals surface area contributed by atoms with Crippen LogP contribution in [0, 0.1) is 5.41 Å². The van der Waals surface area contributed by atoms with Gasteiger partial charge in [-0.05, 0) is 51.2 Å². The summed E-state index contributed by atoms with van der Waals surface area (Å²) in [5, 5.41) is 12.7. The average Bonchev–Trinajstić information content (AvgIpc) is 2.40. The SMILES string of the molecule is CN1CCCC(NCC(C)(C)CCO)CC1. The molecule has 96 valence electrons. The summed E-state index contributed by atoms with van der Waals surface area (Å²) in [6, 6.07) is 0.669. The van der Waals surface area contributed by atoms with Gasteiger partial charge in [-0.3, -0.25) is 0 Å². The third-order valence-corrected chi connectivity index (χ3v) is 3.61. The van der Waals surface area contributed by atoms with Crippen molar-refractivity contribution < 1.29 is 5.11 Å². The third kappa shape index (κ3) is 5.28. The third-order valence-electron chi connectivity index (χ3n) is 3.61. The van der Waals surface area contributed by atoms with Crippen molar-refractivity contribution in [1.29, 1.82) is 0 Å². The quantitative estimate of drug-likeness (QED) is 0.748. The molecule has 0 bridgehead atoms. The van der Waals surface area contributed by atoms with Gasteiger partial charge in [0, 0.05) is 19.2 Å². The molecule has 0 aliphatic carbocycles. The second-order valence-electron chi connectivity index (χ2n) is 5.95. The van der Waals surface area contributed by atoms with Gasteiger partial charge >= 0.3 is 0 Å². The molecule has 1 saturated heterocycles. The van der Waals surface area contributed by atoms with Crippen LogP contribution in [0.25, 0.3) is 0 Å². The van der Waals surface area contributed by atoms with Crippen molar-refractivity contribution in [2.45, 2.75) is 45.6 Å². The Bertz CT molecular complexity index is 194. The maximum Gasteiger partial charge on any atom is 0.0436 e. The van der Waals surface area contributed by atoms with E-state index in [0.717, 1.165) is 13.0 Å². The monoisotopic (exact) mass is 228 g/mol. The van der Waals surface area contributed by atoms with Gasteiger partial charge in [0.2, 0.25) is 0 Å². The highest BCUT2D eigenvalue weighted by Gasteiger charge is 2.20. The summed E-state index contributed by atoms with van der Waals surface area (Å²) in [7, 11) is 2.21. The first-order valence-corrected chi connectivity index (χ1v) is 6.56. The number of rotatable bonds is 5. The predicted octanol–water partition coefficient (Wildman–Crippen LogP) is 1.47. The molecule has 1 heterocycles. The normalized spacial score (nSPS) is 24.4. The summed E-state index contributed by atoms with van der Waals surface area (Å²) < 4.78 is 0. The van der Waals surface area contributed by atoms with Gasteiger partial charge in [-0.15, -0.1) is 0 Å². The van der Waals surface area contributed by atoms with Gasteiger partial charge in [0.25, 0.3) is 0 Å². The Hall–Kier alpha value is -0.120. The maximum absolute atomic E-state index is 8.98. The minimum absolute atomic E-state index is 0.215. The molecule has 0 amide bonds. The molecule has 1 aliphatic rings. The second kappa shape index (κ2) is 6.58. The molecule has 1 aliphatic heterocycles. The number of nitrogens with zero attached hydrogens (tertiary/aromatic N) is 1. The highest BCUT2D eigenvalue weighted by atomic mass is 16.3. The second-order valence-corrected chi connectivity index (χ2v) is 5.95. The van der Waals surface area contributed by atoms with Crippen LogP contribution in [-0.2, 0) is 0 Å². The number of likely N-dealkylation sites (tertiary alicyclic amines) is 1. The van der Waals surface area contributed by atoms with Crippen molar-refractivity contribution in [3.63, 3.8) is 0 Å². The molecule has 1 atom stereocenters. The van der Waals surface area contributed by atoms with Crippen LogP contribution in [0.2, 0.25) is 0 Å². The number of hydrogen-bond acceptors (Lipinski definition) is 3. The molecule has 0 spiro atoms. The summed E-state index contributed by atoms with van der Waals surface area (Å²) in [6.07, 6.45) is 4.73. The van der Waals surface area contributed by atoms with Crippen molar-refractivity contribution in [2.24, 2.45) is 5.41 Å². The first kappa shape index (κ1) is 13.9. The fourth-order valence-electron chi connectivity index (χ4n) is 2.26. The van der Waals surface area contributed by atoms with Gasteiger partial charge in [-0.25, -0.2) is 0 Å². The van der Waals surface area contributed by atoms with Crippen LogP contribution in [-0.4, -0.2) is 49.3 Å². The number of hydrogen-bond donors (Lipinski definition) is 2. The molecule has 0 radical (unpaired) electrons. The fraction of sp³-hybridized carbons (Fsp3) is 1.00. The highest BCUT2D eigenvalue weighted by molar-refractivity contribution is 4.78. The molecule has 0 aromatic heterocycles. The lowest BCUT2D eigenvalue weighted by Crippen LogP contribution is -2.38. The standard InChI is InChI=1S/C13H28N2O/c1-13(2,7-10-16)11-14-12-5-4-8-15(3)9-6-12/h12,14,16H,4-11H2,1-3H3. The average molecular weight is 228 g/mol. The summed E-state index contributed by atoms with van der Waals surface area (Å²) in [6.45, 7) is 8.19. The van der Waals surface area contributed by atoms with E-state index in [1.807, 2.05) is 0 Å². The number of aliphatic hydroxyl groups is 1. The molecule has 1 fully saturated rings. The smallest absolute Gasteiger partial charge is 0.0436 e. The van der Waals surface area contributed by atoms with E-state index in [1.54, 1.807) is 0 Å². The van der Waals surface area contributed by atoms with E-state index < -0.39 is 0 Å². The van der Waals surface area contributed by atoms with Gasteiger partial charge in [0.1, 0.15) is 0 Å². The molecule has 0 aromatic rings. The Balaban J connectivity index is 2.26. The fourth-order valence-corrected chi connectivity index (χ4v) is 2.26. The van der Waals surface area contributed by atoms with Gasteiger partial charge in [-0.2, -0.15) is 0 Å². The Morgan fingerprint density at radius 1 is 1.31 bits per heavy atom. The molecule has 0 aromatic carbocycles. The van der Waals surface area contributed by atoms with Crippen LogP contribution < -0.4 is 5.32 Å². The van der Waals surface area contributed by atoms with E-state index in [4.69, 9.17) is 5.11 Å². The van der Waals surface area contributed by atoms with Gasteiger partial charge in [0.05, 0.1) is 0 Å². The van der Waals surface area contributed by atoms with Crippen LogP contribution in [0.4, 0.5) is 0 Å². The Morgan fingerprint density at radius 2 is 2.06 bits per heavy atom. The van der Waals surface area contributed by atoms with Gasteiger partial charge in [0.15, 0.2) is 0 Å². The van der Waals surface area contributed by atoms with Crippen LogP contribution in [0.15, 0.2) is 0 Å². The summed E-state index contributed by atoms with van der Waals surface area (Å²) in [5.41, 5.74) is 0.215. The molecule has 16 heavy (non-hydrogen) atoms. The van der Waals surface area contributed by atoms with E-state index in [2.05, 4.69) is 31.1 Å². The molecule has 3 nitrogen and oxygen atoms in total. The Labute approximate surface area is 100 Å². The van der Waals surface area contributed by atoms with Gasteiger partial charge in [-0.1, -0.05) is 13.8 Å². The molecule has 0 saturated carbocycles. The minimum atomic E-state index is 0.215.